The van der Waals surface area contributed by atoms with Crippen LogP contribution in [0.5, 0.6) is 0 Å². The van der Waals surface area contributed by atoms with Crippen molar-refractivity contribution in [2.24, 2.45) is 5.10 Å². The van der Waals surface area contributed by atoms with E-state index in [0.29, 0.717) is 27.8 Å². The summed E-state index contributed by atoms with van der Waals surface area (Å²) < 4.78 is 1.49. The molecule has 4 rings (SSSR count). The van der Waals surface area contributed by atoms with Crippen molar-refractivity contribution in [2.45, 2.75) is 26.3 Å². The topological polar surface area (TPSA) is 101 Å². The summed E-state index contributed by atoms with van der Waals surface area (Å²) in [6.07, 6.45) is 2.50. The number of para-hydroxylation sites is 2. The second kappa shape index (κ2) is 8.66. The van der Waals surface area contributed by atoms with E-state index in [1.807, 2.05) is 81.4 Å². The Kier molecular flexibility index (Phi) is 5.77. The molecule has 1 atom stereocenters. The summed E-state index contributed by atoms with van der Waals surface area (Å²) >= 11 is 0. The molecule has 3 N–H and O–H groups in total. The second-order valence-corrected chi connectivity index (χ2v) is 7.97. The van der Waals surface area contributed by atoms with Gasteiger partial charge in [-0.05, 0) is 43.2 Å². The van der Waals surface area contributed by atoms with Crippen LogP contribution in [-0.2, 0) is 0 Å². The molecule has 164 valence electrons. The maximum absolute atomic E-state index is 13.0. The molecule has 1 unspecified atom stereocenters. The third kappa shape index (κ3) is 3.99. The predicted molar refractivity (Wildman–Crippen MR) is 130 cm³/mol. The number of aromatic nitrogens is 3. The van der Waals surface area contributed by atoms with Crippen molar-refractivity contribution >= 4 is 45.8 Å². The first kappa shape index (κ1) is 21.3. The monoisotopic (exact) mass is 429 g/mol. The van der Waals surface area contributed by atoms with Gasteiger partial charge in [0.05, 0.1) is 17.2 Å². The fourth-order valence-corrected chi connectivity index (χ4v) is 3.37. The smallest absolute Gasteiger partial charge is 0.257 e. The van der Waals surface area contributed by atoms with Gasteiger partial charge in [-0.25, -0.2) is 9.97 Å². The lowest BCUT2D eigenvalue weighted by Crippen LogP contribution is -2.32. The molecule has 2 aromatic carbocycles. The van der Waals surface area contributed by atoms with Gasteiger partial charge in [0.1, 0.15) is 16.9 Å². The normalized spacial score (nSPS) is 12.5. The van der Waals surface area contributed by atoms with Crippen LogP contribution in [0, 0.1) is 0 Å². The Bertz CT molecular complexity index is 1310. The molecule has 0 aliphatic rings. The SMILES string of the molecule is CCC(C)NC(=O)c1c(N)n(N=Cc2ccc(N(C)C)cc2)c2nc3ccccc3nc12. The van der Waals surface area contributed by atoms with Crippen LogP contribution in [0.2, 0.25) is 0 Å². The molecular weight excluding hydrogens is 402 g/mol. The van der Waals surface area contributed by atoms with Crippen LogP contribution in [0.3, 0.4) is 0 Å². The van der Waals surface area contributed by atoms with Crippen LogP contribution in [0.25, 0.3) is 22.2 Å². The lowest BCUT2D eigenvalue weighted by Gasteiger charge is -2.11. The Morgan fingerprint density at radius 3 is 2.44 bits per heavy atom. The van der Waals surface area contributed by atoms with E-state index in [1.54, 1.807) is 6.21 Å². The van der Waals surface area contributed by atoms with E-state index in [2.05, 4.69) is 10.4 Å². The quantitative estimate of drug-likeness (QED) is 0.456. The third-order valence-corrected chi connectivity index (χ3v) is 5.42. The molecule has 0 radical (unpaired) electrons. The highest BCUT2D eigenvalue weighted by Crippen LogP contribution is 2.28. The van der Waals surface area contributed by atoms with Crippen LogP contribution in [0.1, 0.15) is 36.2 Å². The number of amides is 1. The Morgan fingerprint density at radius 1 is 1.16 bits per heavy atom. The van der Waals surface area contributed by atoms with Crippen molar-refractivity contribution in [2.75, 3.05) is 24.7 Å². The molecule has 0 spiro atoms. The number of carbonyl (C=O) groups is 1. The highest BCUT2D eigenvalue weighted by molar-refractivity contribution is 6.10. The number of hydrogen-bond donors (Lipinski definition) is 2. The molecule has 0 aliphatic heterocycles. The molecule has 4 aromatic rings. The highest BCUT2D eigenvalue weighted by Gasteiger charge is 2.24. The Balaban J connectivity index is 1.84. The minimum Gasteiger partial charge on any atom is -0.383 e. The molecule has 0 aliphatic carbocycles. The van der Waals surface area contributed by atoms with Crippen molar-refractivity contribution in [1.82, 2.24) is 20.0 Å². The maximum Gasteiger partial charge on any atom is 0.257 e. The summed E-state index contributed by atoms with van der Waals surface area (Å²) in [4.78, 5) is 24.5. The van der Waals surface area contributed by atoms with Crippen LogP contribution in [-0.4, -0.2) is 46.9 Å². The first-order chi connectivity index (χ1) is 15.4. The van der Waals surface area contributed by atoms with E-state index < -0.39 is 0 Å². The summed E-state index contributed by atoms with van der Waals surface area (Å²) in [7, 11) is 3.98. The zero-order valence-corrected chi connectivity index (χ0v) is 18.7. The minimum absolute atomic E-state index is 0.00688. The lowest BCUT2D eigenvalue weighted by atomic mass is 10.2. The van der Waals surface area contributed by atoms with Gasteiger partial charge in [-0.15, -0.1) is 0 Å². The number of carbonyl (C=O) groups excluding carboxylic acids is 1. The molecule has 0 fully saturated rings. The number of nitrogens with one attached hydrogen (secondary N) is 1. The Morgan fingerprint density at radius 2 is 1.81 bits per heavy atom. The number of fused-ring (bicyclic) bond motifs is 2. The van der Waals surface area contributed by atoms with E-state index in [0.717, 1.165) is 17.7 Å². The van der Waals surface area contributed by atoms with Gasteiger partial charge in [-0.1, -0.05) is 31.2 Å². The molecule has 32 heavy (non-hydrogen) atoms. The van der Waals surface area contributed by atoms with Gasteiger partial charge in [-0.3, -0.25) is 4.79 Å². The number of hydrogen-bond acceptors (Lipinski definition) is 6. The third-order valence-electron chi connectivity index (χ3n) is 5.42. The predicted octanol–water partition coefficient (Wildman–Crippen LogP) is 3.64. The van der Waals surface area contributed by atoms with Crippen molar-refractivity contribution < 1.29 is 4.79 Å². The standard InChI is InChI=1S/C24H27N7O/c1-5-15(2)27-24(32)20-21-23(29-19-9-7-6-8-18(19)28-21)31(22(20)25)26-14-16-10-12-17(13-11-16)30(3)4/h6-15H,5,25H2,1-4H3,(H,27,32). The summed E-state index contributed by atoms with van der Waals surface area (Å²) in [5, 5.41) is 7.53. The summed E-state index contributed by atoms with van der Waals surface area (Å²) in [5.41, 5.74) is 11.0. The number of benzene rings is 2. The molecule has 0 saturated carbocycles. The Labute approximate surface area is 186 Å². The van der Waals surface area contributed by atoms with Gasteiger partial charge >= 0.3 is 0 Å². The number of anilines is 2. The van der Waals surface area contributed by atoms with Crippen molar-refractivity contribution in [3.63, 3.8) is 0 Å². The molecule has 0 saturated heterocycles. The van der Waals surface area contributed by atoms with E-state index in [4.69, 9.17) is 15.7 Å². The molecular formula is C24H27N7O. The van der Waals surface area contributed by atoms with E-state index in [9.17, 15) is 4.79 Å². The van der Waals surface area contributed by atoms with Crippen LogP contribution in [0.15, 0.2) is 53.6 Å². The van der Waals surface area contributed by atoms with E-state index in [1.165, 1.54) is 4.68 Å². The molecule has 1 amide bonds. The van der Waals surface area contributed by atoms with Gasteiger partial charge in [0.25, 0.3) is 5.91 Å². The van der Waals surface area contributed by atoms with Gasteiger partial charge in [-0.2, -0.15) is 9.78 Å². The number of rotatable bonds is 6. The first-order valence-corrected chi connectivity index (χ1v) is 10.6. The van der Waals surface area contributed by atoms with Gasteiger partial charge < -0.3 is 16.0 Å². The zero-order valence-electron chi connectivity index (χ0n) is 18.7. The first-order valence-electron chi connectivity index (χ1n) is 10.6. The average Bonchev–Trinajstić information content (AvgIpc) is 3.06. The minimum atomic E-state index is -0.282. The molecule has 2 heterocycles. The van der Waals surface area contributed by atoms with Crippen LogP contribution >= 0.6 is 0 Å². The molecule has 2 aromatic heterocycles. The number of nitrogen functional groups attached to an aromatic ring is 1. The van der Waals surface area contributed by atoms with Crippen LogP contribution < -0.4 is 16.0 Å². The van der Waals surface area contributed by atoms with Crippen molar-refractivity contribution in [1.29, 1.82) is 0 Å². The summed E-state index contributed by atoms with van der Waals surface area (Å²) in [5.74, 6) is -0.0759. The lowest BCUT2D eigenvalue weighted by molar-refractivity contribution is 0.0941. The summed E-state index contributed by atoms with van der Waals surface area (Å²) in [6, 6.07) is 15.5. The van der Waals surface area contributed by atoms with Crippen molar-refractivity contribution in [3.05, 3.63) is 59.7 Å². The zero-order chi connectivity index (χ0) is 22.8. The van der Waals surface area contributed by atoms with E-state index in [-0.39, 0.29) is 17.8 Å². The molecule has 8 heteroatoms. The molecule has 0 bridgehead atoms. The largest absolute Gasteiger partial charge is 0.383 e. The highest BCUT2D eigenvalue weighted by atomic mass is 16.1. The second-order valence-electron chi connectivity index (χ2n) is 7.97. The van der Waals surface area contributed by atoms with Gasteiger partial charge in [0, 0.05) is 25.8 Å². The van der Waals surface area contributed by atoms with Gasteiger partial charge in [0.15, 0.2) is 5.65 Å². The van der Waals surface area contributed by atoms with E-state index >= 15 is 0 Å². The fraction of sp³-hybridized carbons (Fsp3) is 0.250. The maximum atomic E-state index is 13.0. The Hall–Kier alpha value is -3.94. The average molecular weight is 430 g/mol. The van der Waals surface area contributed by atoms with Gasteiger partial charge in [0.2, 0.25) is 0 Å². The fourth-order valence-electron chi connectivity index (χ4n) is 3.37. The van der Waals surface area contributed by atoms with Crippen LogP contribution in [0.4, 0.5) is 11.5 Å². The number of nitrogens with zero attached hydrogens (tertiary/aromatic N) is 5. The molecule has 8 nitrogen and oxygen atoms in total. The van der Waals surface area contributed by atoms with Crippen molar-refractivity contribution in [3.8, 4) is 0 Å². The summed E-state index contributed by atoms with van der Waals surface area (Å²) in [6.45, 7) is 3.96. The number of nitrogens with two attached hydrogens (primary N) is 1.